The minimum Gasteiger partial charge on any atom is -0.331 e. The molecule has 0 unspecified atom stereocenters. The second-order valence-corrected chi connectivity index (χ2v) is 3.68. The zero-order valence-corrected chi connectivity index (χ0v) is 9.13. The zero-order valence-electron chi connectivity index (χ0n) is 8.37. The number of imidazole rings is 1. The molecule has 0 fully saturated rings. The fraction of sp³-hybridized carbons (Fsp3) is 0.111. The maximum Gasteiger partial charge on any atom is 0.198 e. The van der Waals surface area contributed by atoms with E-state index in [0.717, 1.165) is 5.69 Å². The maximum absolute atomic E-state index is 5.91. The van der Waals surface area contributed by atoms with Crippen LogP contribution in [0.25, 0.3) is 17.2 Å². The molecule has 0 N–H and O–H groups in total. The van der Waals surface area contributed by atoms with Crippen LogP contribution in [0, 0.1) is 0 Å². The van der Waals surface area contributed by atoms with E-state index in [1.807, 2.05) is 11.6 Å². The molecule has 0 radical (unpaired) electrons. The number of hydrogen-bond acceptors (Lipinski definition) is 4. The third kappa shape index (κ3) is 1.20. The molecule has 0 aromatic carbocycles. The molecule has 80 valence electrons. The molecular weight excluding hydrogens is 228 g/mol. The Balaban J connectivity index is 2.34. The van der Waals surface area contributed by atoms with Gasteiger partial charge in [-0.2, -0.15) is 0 Å². The van der Waals surface area contributed by atoms with Gasteiger partial charge in [0.25, 0.3) is 0 Å². The van der Waals surface area contributed by atoms with Crippen LogP contribution in [0.5, 0.6) is 0 Å². The zero-order chi connectivity index (χ0) is 11.1. The van der Waals surface area contributed by atoms with Crippen molar-refractivity contribution >= 4 is 17.2 Å². The highest BCUT2D eigenvalue weighted by Gasteiger charge is 2.12. The first-order chi connectivity index (χ1) is 7.77. The largest absolute Gasteiger partial charge is 0.331 e. The predicted molar refractivity (Wildman–Crippen MR) is 58.0 cm³/mol. The van der Waals surface area contributed by atoms with Gasteiger partial charge in [0, 0.05) is 19.4 Å². The van der Waals surface area contributed by atoms with Crippen LogP contribution in [0.15, 0.2) is 24.9 Å². The summed E-state index contributed by atoms with van der Waals surface area (Å²) in [4.78, 5) is 7.98. The molecule has 0 spiro atoms. The van der Waals surface area contributed by atoms with Crippen molar-refractivity contribution in [1.29, 1.82) is 0 Å². The topological polar surface area (TPSA) is 60.9 Å². The summed E-state index contributed by atoms with van der Waals surface area (Å²) in [6, 6.07) is 0. The van der Waals surface area contributed by atoms with Crippen molar-refractivity contribution in [3.63, 3.8) is 0 Å². The summed E-state index contributed by atoms with van der Waals surface area (Å²) in [5.74, 6) is 0.694. The Morgan fingerprint density at radius 3 is 2.94 bits per heavy atom. The fourth-order valence-electron chi connectivity index (χ4n) is 1.54. The Kier molecular flexibility index (Phi) is 1.90. The van der Waals surface area contributed by atoms with E-state index in [2.05, 4.69) is 20.2 Å². The van der Waals surface area contributed by atoms with Gasteiger partial charge in [-0.25, -0.2) is 9.97 Å². The van der Waals surface area contributed by atoms with Crippen molar-refractivity contribution in [1.82, 2.24) is 29.1 Å². The van der Waals surface area contributed by atoms with Crippen molar-refractivity contribution in [2.45, 2.75) is 0 Å². The van der Waals surface area contributed by atoms with Gasteiger partial charge in [0.15, 0.2) is 16.6 Å². The van der Waals surface area contributed by atoms with E-state index >= 15 is 0 Å². The highest BCUT2D eigenvalue weighted by molar-refractivity contribution is 6.32. The van der Waals surface area contributed by atoms with Gasteiger partial charge in [-0.15, -0.1) is 10.2 Å². The Labute approximate surface area is 95.5 Å². The Hall–Kier alpha value is -1.95. The van der Waals surface area contributed by atoms with Gasteiger partial charge in [-0.3, -0.25) is 4.40 Å². The van der Waals surface area contributed by atoms with Crippen LogP contribution in [-0.2, 0) is 7.05 Å². The van der Waals surface area contributed by atoms with E-state index in [0.29, 0.717) is 16.6 Å². The molecule has 0 saturated carbocycles. The van der Waals surface area contributed by atoms with E-state index in [4.69, 9.17) is 11.6 Å². The molecule has 0 bridgehead atoms. The van der Waals surface area contributed by atoms with Gasteiger partial charge in [-0.05, 0) is 0 Å². The minimum atomic E-state index is 0.336. The molecule has 6 nitrogen and oxygen atoms in total. The van der Waals surface area contributed by atoms with Crippen molar-refractivity contribution < 1.29 is 0 Å². The number of nitrogens with zero attached hydrogens (tertiary/aromatic N) is 6. The Morgan fingerprint density at radius 2 is 2.19 bits per heavy atom. The molecule has 16 heavy (non-hydrogen) atoms. The molecule has 3 aromatic rings. The molecule has 3 aromatic heterocycles. The first kappa shape index (κ1) is 9.29. The third-order valence-electron chi connectivity index (χ3n) is 2.33. The smallest absolute Gasteiger partial charge is 0.198 e. The van der Waals surface area contributed by atoms with Crippen molar-refractivity contribution in [2.75, 3.05) is 0 Å². The van der Waals surface area contributed by atoms with Gasteiger partial charge in [-0.1, -0.05) is 11.6 Å². The van der Waals surface area contributed by atoms with E-state index in [-0.39, 0.29) is 0 Å². The van der Waals surface area contributed by atoms with Crippen LogP contribution in [0.2, 0.25) is 5.15 Å². The lowest BCUT2D eigenvalue weighted by Crippen LogP contribution is -1.95. The monoisotopic (exact) mass is 234 g/mol. The first-order valence-electron chi connectivity index (χ1n) is 4.59. The number of aryl methyl sites for hydroxylation is 1. The molecular formula is C9H7ClN6. The molecule has 0 saturated heterocycles. The van der Waals surface area contributed by atoms with Gasteiger partial charge in [0.2, 0.25) is 0 Å². The number of rotatable bonds is 1. The summed E-state index contributed by atoms with van der Waals surface area (Å²) in [5.41, 5.74) is 1.41. The van der Waals surface area contributed by atoms with Gasteiger partial charge in [0.1, 0.15) is 5.69 Å². The van der Waals surface area contributed by atoms with Gasteiger partial charge < -0.3 is 4.57 Å². The van der Waals surface area contributed by atoms with Gasteiger partial charge >= 0.3 is 0 Å². The third-order valence-corrected chi connectivity index (χ3v) is 2.60. The molecule has 3 rings (SSSR count). The highest BCUT2D eigenvalue weighted by atomic mass is 35.5. The molecule has 0 aliphatic heterocycles. The van der Waals surface area contributed by atoms with E-state index < -0.39 is 0 Å². The van der Waals surface area contributed by atoms with Crippen LogP contribution in [0.3, 0.4) is 0 Å². The molecule has 3 heterocycles. The lowest BCUT2D eigenvalue weighted by Gasteiger charge is -2.00. The van der Waals surface area contributed by atoms with E-state index in [1.54, 1.807) is 29.3 Å². The van der Waals surface area contributed by atoms with Crippen LogP contribution in [0.1, 0.15) is 0 Å². The summed E-state index contributed by atoms with van der Waals surface area (Å²) in [6.45, 7) is 0. The summed E-state index contributed by atoms with van der Waals surface area (Å²) < 4.78 is 3.65. The van der Waals surface area contributed by atoms with Crippen LogP contribution < -0.4 is 0 Å². The minimum absolute atomic E-state index is 0.336. The number of halogens is 1. The van der Waals surface area contributed by atoms with Crippen molar-refractivity contribution in [3.8, 4) is 11.5 Å². The predicted octanol–water partition coefficient (Wildman–Crippen LogP) is 1.18. The Bertz CT molecular complexity index is 655. The maximum atomic E-state index is 5.91. The summed E-state index contributed by atoms with van der Waals surface area (Å²) in [5, 5.41) is 8.42. The first-order valence-corrected chi connectivity index (χ1v) is 4.97. The summed E-state index contributed by atoms with van der Waals surface area (Å²) in [6.07, 6.45) is 6.81. The lowest BCUT2D eigenvalue weighted by atomic mass is 10.4. The lowest BCUT2D eigenvalue weighted by molar-refractivity contribution is 0.904. The number of aromatic nitrogens is 6. The second-order valence-electron chi connectivity index (χ2n) is 3.33. The van der Waals surface area contributed by atoms with Crippen LogP contribution >= 0.6 is 11.6 Å². The normalized spacial score (nSPS) is 11.1. The van der Waals surface area contributed by atoms with Crippen molar-refractivity contribution in [2.24, 2.45) is 7.05 Å². The molecule has 0 atom stereocenters. The number of hydrogen-bond donors (Lipinski definition) is 0. The molecule has 0 amide bonds. The average Bonchev–Trinajstić information content (AvgIpc) is 2.84. The highest BCUT2D eigenvalue weighted by Crippen LogP contribution is 2.19. The van der Waals surface area contributed by atoms with E-state index in [1.165, 1.54) is 0 Å². The summed E-state index contributed by atoms with van der Waals surface area (Å²) in [7, 11) is 1.90. The van der Waals surface area contributed by atoms with Crippen LogP contribution in [0.4, 0.5) is 0 Å². The average molecular weight is 235 g/mol. The van der Waals surface area contributed by atoms with E-state index in [9.17, 15) is 0 Å². The summed E-state index contributed by atoms with van der Waals surface area (Å²) >= 11 is 5.91. The Morgan fingerprint density at radius 1 is 1.31 bits per heavy atom. The second kappa shape index (κ2) is 3.28. The quantitative estimate of drug-likeness (QED) is 0.634. The number of fused-ring (bicyclic) bond motifs is 1. The van der Waals surface area contributed by atoms with Gasteiger partial charge in [0.05, 0.1) is 12.5 Å². The standard InChI is InChI=1S/C9H7ClN6/c1-15-5-11-4-6(15)8-13-14-9-7(10)12-2-3-16(8)9/h2-5H,1H3. The van der Waals surface area contributed by atoms with Crippen molar-refractivity contribution in [3.05, 3.63) is 30.1 Å². The molecule has 7 heteroatoms. The SMILES string of the molecule is Cn1cncc1-c1nnc2c(Cl)nccn12. The molecule has 0 aliphatic carbocycles. The van der Waals surface area contributed by atoms with Crippen LogP contribution in [-0.4, -0.2) is 29.1 Å². The molecule has 0 aliphatic rings. The fourth-order valence-corrected chi connectivity index (χ4v) is 1.73.